The Bertz CT molecular complexity index is 247. The molecule has 0 bridgehead atoms. The van der Waals surface area contributed by atoms with Crippen LogP contribution >= 0.6 is 15.9 Å². The summed E-state index contributed by atoms with van der Waals surface area (Å²) in [6.45, 7) is 6.38. The fraction of sp³-hybridized carbons (Fsp3) is 0.625. The summed E-state index contributed by atoms with van der Waals surface area (Å²) in [4.78, 5) is 4.14. The molecule has 0 saturated heterocycles. The highest BCUT2D eigenvalue weighted by molar-refractivity contribution is 9.10. The topological polar surface area (TPSA) is 27.1 Å². The minimum absolute atomic E-state index is 0.642. The third-order valence-corrected chi connectivity index (χ3v) is 2.29. The second kappa shape index (κ2) is 4.62. The normalized spacial score (nSPS) is 10.6. The molecule has 0 aliphatic carbocycles. The smallest absolute Gasteiger partial charge is 0.177 e. The van der Waals surface area contributed by atoms with E-state index in [-0.39, 0.29) is 0 Å². The molecule has 1 rings (SSSR count). The van der Waals surface area contributed by atoms with Gasteiger partial charge in [-0.2, -0.15) is 0 Å². The van der Waals surface area contributed by atoms with Gasteiger partial charge in [0.05, 0.1) is 18.5 Å². The van der Waals surface area contributed by atoms with E-state index in [0.29, 0.717) is 6.61 Å². The molecule has 0 radical (unpaired) electrons. The molecule has 1 aromatic heterocycles. The summed E-state index contributed by atoms with van der Waals surface area (Å²) >= 11 is 3.37. The standard InChI is InChI=1S/C8H13BrN2O/c1-3-11-7(6-12-4-2)5-10-8(11)9/h5H,3-4,6H2,1-2H3. The number of aromatic nitrogens is 2. The maximum Gasteiger partial charge on any atom is 0.177 e. The second-order valence-electron chi connectivity index (χ2n) is 2.40. The van der Waals surface area contributed by atoms with Crippen LogP contribution in [-0.4, -0.2) is 16.2 Å². The van der Waals surface area contributed by atoms with E-state index < -0.39 is 0 Å². The Morgan fingerprint density at radius 3 is 2.92 bits per heavy atom. The molecule has 1 heterocycles. The van der Waals surface area contributed by atoms with Gasteiger partial charge in [-0.15, -0.1) is 0 Å². The number of nitrogens with zero attached hydrogens (tertiary/aromatic N) is 2. The Hall–Kier alpha value is -0.350. The van der Waals surface area contributed by atoms with Crippen LogP contribution in [0.15, 0.2) is 10.9 Å². The van der Waals surface area contributed by atoms with Crippen LogP contribution in [0.1, 0.15) is 19.5 Å². The van der Waals surface area contributed by atoms with Gasteiger partial charge in [0.2, 0.25) is 0 Å². The molecule has 0 unspecified atom stereocenters. The van der Waals surface area contributed by atoms with Gasteiger partial charge < -0.3 is 9.30 Å². The number of rotatable bonds is 4. The van der Waals surface area contributed by atoms with Crippen LogP contribution in [0.2, 0.25) is 0 Å². The van der Waals surface area contributed by atoms with Gasteiger partial charge >= 0.3 is 0 Å². The molecule has 3 nitrogen and oxygen atoms in total. The maximum absolute atomic E-state index is 5.29. The third kappa shape index (κ3) is 2.08. The van der Waals surface area contributed by atoms with E-state index >= 15 is 0 Å². The zero-order valence-corrected chi connectivity index (χ0v) is 8.97. The molecule has 0 fully saturated rings. The lowest BCUT2D eigenvalue weighted by molar-refractivity contribution is 0.128. The minimum atomic E-state index is 0.642. The van der Waals surface area contributed by atoms with E-state index in [0.717, 1.165) is 23.6 Å². The van der Waals surface area contributed by atoms with E-state index in [9.17, 15) is 0 Å². The minimum Gasteiger partial charge on any atom is -0.375 e. The molecule has 68 valence electrons. The van der Waals surface area contributed by atoms with Crippen molar-refractivity contribution in [1.82, 2.24) is 9.55 Å². The van der Waals surface area contributed by atoms with Gasteiger partial charge in [0, 0.05) is 13.2 Å². The molecule has 0 spiro atoms. The molecule has 0 aromatic carbocycles. The van der Waals surface area contributed by atoms with E-state index in [1.54, 1.807) is 0 Å². The van der Waals surface area contributed by atoms with Crippen molar-refractivity contribution >= 4 is 15.9 Å². The Morgan fingerprint density at radius 1 is 1.58 bits per heavy atom. The first-order valence-electron chi connectivity index (χ1n) is 4.07. The molecule has 0 aliphatic heterocycles. The lowest BCUT2D eigenvalue weighted by Gasteiger charge is -2.05. The van der Waals surface area contributed by atoms with Gasteiger partial charge in [-0.1, -0.05) is 0 Å². The fourth-order valence-corrected chi connectivity index (χ4v) is 1.62. The number of hydrogen-bond donors (Lipinski definition) is 0. The van der Waals surface area contributed by atoms with Gasteiger partial charge in [-0.3, -0.25) is 0 Å². The molecule has 0 amide bonds. The third-order valence-electron chi connectivity index (χ3n) is 1.66. The van der Waals surface area contributed by atoms with Crippen molar-refractivity contribution < 1.29 is 4.74 Å². The Balaban J connectivity index is 2.70. The Morgan fingerprint density at radius 2 is 2.33 bits per heavy atom. The first-order chi connectivity index (χ1) is 5.79. The van der Waals surface area contributed by atoms with Crippen LogP contribution in [0.3, 0.4) is 0 Å². The van der Waals surface area contributed by atoms with Crippen LogP contribution in [0.25, 0.3) is 0 Å². The van der Waals surface area contributed by atoms with Crippen molar-refractivity contribution in [3.05, 3.63) is 16.6 Å². The van der Waals surface area contributed by atoms with E-state index in [1.807, 2.05) is 13.1 Å². The van der Waals surface area contributed by atoms with Gasteiger partial charge in [-0.05, 0) is 29.8 Å². The molecule has 0 atom stereocenters. The monoisotopic (exact) mass is 232 g/mol. The molecule has 0 N–H and O–H groups in total. The summed E-state index contributed by atoms with van der Waals surface area (Å²) < 4.78 is 8.25. The highest BCUT2D eigenvalue weighted by Crippen LogP contribution is 2.12. The predicted octanol–water partition coefficient (Wildman–Crippen LogP) is 2.20. The Labute approximate surface area is 80.9 Å². The highest BCUT2D eigenvalue weighted by Gasteiger charge is 2.04. The van der Waals surface area contributed by atoms with Gasteiger partial charge in [0.25, 0.3) is 0 Å². The van der Waals surface area contributed by atoms with Gasteiger partial charge in [0.1, 0.15) is 0 Å². The molecule has 12 heavy (non-hydrogen) atoms. The average molecular weight is 233 g/mol. The summed E-state index contributed by atoms with van der Waals surface area (Å²) in [5.74, 6) is 0. The summed E-state index contributed by atoms with van der Waals surface area (Å²) in [7, 11) is 0. The molecule has 0 saturated carbocycles. The average Bonchev–Trinajstić information content (AvgIpc) is 2.43. The first-order valence-corrected chi connectivity index (χ1v) is 4.86. The lowest BCUT2D eigenvalue weighted by Crippen LogP contribution is -2.02. The van der Waals surface area contributed by atoms with Crippen molar-refractivity contribution in [3.8, 4) is 0 Å². The van der Waals surface area contributed by atoms with E-state index in [1.165, 1.54) is 0 Å². The van der Waals surface area contributed by atoms with Crippen molar-refractivity contribution in [2.75, 3.05) is 6.61 Å². The van der Waals surface area contributed by atoms with Crippen LogP contribution in [0, 0.1) is 0 Å². The van der Waals surface area contributed by atoms with Crippen LogP contribution in [0.4, 0.5) is 0 Å². The number of hydrogen-bond acceptors (Lipinski definition) is 2. The molecular weight excluding hydrogens is 220 g/mol. The zero-order valence-electron chi connectivity index (χ0n) is 7.38. The van der Waals surface area contributed by atoms with Gasteiger partial charge in [-0.25, -0.2) is 4.98 Å². The molecular formula is C8H13BrN2O. The maximum atomic E-state index is 5.29. The number of halogens is 1. The second-order valence-corrected chi connectivity index (χ2v) is 3.11. The SMILES string of the molecule is CCOCc1cnc(Br)n1CC. The van der Waals surface area contributed by atoms with Crippen molar-refractivity contribution in [2.45, 2.75) is 27.0 Å². The van der Waals surface area contributed by atoms with Crippen molar-refractivity contribution in [3.63, 3.8) is 0 Å². The number of ether oxygens (including phenoxy) is 1. The lowest BCUT2D eigenvalue weighted by atomic mass is 10.5. The van der Waals surface area contributed by atoms with Crippen LogP contribution in [-0.2, 0) is 17.9 Å². The summed E-state index contributed by atoms with van der Waals surface area (Å²) in [6, 6.07) is 0. The van der Waals surface area contributed by atoms with Crippen molar-refractivity contribution in [1.29, 1.82) is 0 Å². The number of imidazole rings is 1. The van der Waals surface area contributed by atoms with Gasteiger partial charge in [0.15, 0.2) is 4.73 Å². The zero-order chi connectivity index (χ0) is 8.97. The summed E-state index contributed by atoms with van der Waals surface area (Å²) in [5.41, 5.74) is 1.12. The predicted molar refractivity (Wildman–Crippen MR) is 50.9 cm³/mol. The largest absolute Gasteiger partial charge is 0.375 e. The van der Waals surface area contributed by atoms with E-state index in [2.05, 4.69) is 32.4 Å². The van der Waals surface area contributed by atoms with E-state index in [4.69, 9.17) is 4.74 Å². The fourth-order valence-electron chi connectivity index (χ4n) is 1.04. The Kier molecular flexibility index (Phi) is 3.75. The first kappa shape index (κ1) is 9.74. The summed E-state index contributed by atoms with van der Waals surface area (Å²) in [5, 5.41) is 0. The quantitative estimate of drug-likeness (QED) is 0.797. The molecule has 0 aliphatic rings. The molecule has 1 aromatic rings. The highest BCUT2D eigenvalue weighted by atomic mass is 79.9. The van der Waals surface area contributed by atoms with Crippen LogP contribution < -0.4 is 0 Å². The van der Waals surface area contributed by atoms with Crippen molar-refractivity contribution in [2.24, 2.45) is 0 Å². The molecule has 4 heteroatoms. The van der Waals surface area contributed by atoms with Crippen LogP contribution in [0.5, 0.6) is 0 Å². The summed E-state index contributed by atoms with van der Waals surface area (Å²) in [6.07, 6.45) is 1.84.